The lowest BCUT2D eigenvalue weighted by Crippen LogP contribution is -2.14. The molecule has 0 saturated carbocycles. The molecule has 0 atom stereocenters. The zero-order chi connectivity index (χ0) is 22.8. The Morgan fingerprint density at radius 3 is 2.33 bits per heavy atom. The van der Waals surface area contributed by atoms with Gasteiger partial charge in [0.15, 0.2) is 0 Å². The van der Waals surface area contributed by atoms with Crippen molar-refractivity contribution in [2.24, 2.45) is 0 Å². The molecule has 3 heterocycles. The largest absolute Gasteiger partial charge is 0.340 e. The predicted molar refractivity (Wildman–Crippen MR) is 130 cm³/mol. The molecule has 0 amide bonds. The third-order valence-electron chi connectivity index (χ3n) is 4.78. The quantitative estimate of drug-likeness (QED) is 0.356. The number of hydrogen-bond acceptors (Lipinski definition) is 8. The van der Waals surface area contributed by atoms with E-state index in [0.717, 1.165) is 20.7 Å². The standard InChI is InChI=1S/C23H18N6O2S2/c1-15-26-21(19-14-20(32-22(19)27-15)16-6-3-2-4-7-16)28-17-8-10-18(11-9-17)33(30,31)29-23-24-12-5-13-25-23/h2-14H,1H3,(H,24,25,29)(H,26,27,28). The van der Waals surface area contributed by atoms with Gasteiger partial charge in [-0.1, -0.05) is 30.3 Å². The maximum Gasteiger partial charge on any atom is 0.264 e. The van der Waals surface area contributed by atoms with Gasteiger partial charge in [0.2, 0.25) is 5.95 Å². The molecule has 2 N–H and O–H groups in total. The fourth-order valence-corrected chi connectivity index (χ4v) is 5.29. The van der Waals surface area contributed by atoms with Gasteiger partial charge in [0.25, 0.3) is 10.0 Å². The number of nitrogens with zero attached hydrogens (tertiary/aromatic N) is 4. The Balaban J connectivity index is 1.42. The van der Waals surface area contributed by atoms with Crippen molar-refractivity contribution in [3.63, 3.8) is 0 Å². The van der Waals surface area contributed by atoms with Crippen molar-refractivity contribution in [1.29, 1.82) is 0 Å². The number of anilines is 3. The molecule has 33 heavy (non-hydrogen) atoms. The summed E-state index contributed by atoms with van der Waals surface area (Å²) < 4.78 is 27.6. The van der Waals surface area contributed by atoms with Crippen LogP contribution in [0.15, 0.2) is 84.0 Å². The second-order valence-corrected chi connectivity index (χ2v) is 9.86. The molecule has 0 aliphatic carbocycles. The van der Waals surface area contributed by atoms with Crippen LogP contribution < -0.4 is 10.0 Å². The van der Waals surface area contributed by atoms with Crippen LogP contribution in [0.5, 0.6) is 0 Å². The van der Waals surface area contributed by atoms with Gasteiger partial charge in [-0.3, -0.25) is 0 Å². The normalized spacial score (nSPS) is 11.4. The van der Waals surface area contributed by atoms with E-state index in [1.165, 1.54) is 24.5 Å². The van der Waals surface area contributed by atoms with Crippen LogP contribution in [0.1, 0.15) is 5.82 Å². The number of fused-ring (bicyclic) bond motifs is 1. The van der Waals surface area contributed by atoms with Crippen molar-refractivity contribution in [3.8, 4) is 10.4 Å². The van der Waals surface area contributed by atoms with Gasteiger partial charge in [0, 0.05) is 23.0 Å². The third-order valence-corrected chi connectivity index (χ3v) is 7.20. The number of aryl methyl sites for hydroxylation is 1. The number of nitrogens with one attached hydrogen (secondary N) is 2. The molecule has 2 aromatic carbocycles. The van der Waals surface area contributed by atoms with Crippen LogP contribution in [-0.4, -0.2) is 28.4 Å². The van der Waals surface area contributed by atoms with E-state index in [1.54, 1.807) is 29.5 Å². The number of aromatic nitrogens is 4. The maximum atomic E-state index is 12.6. The van der Waals surface area contributed by atoms with Gasteiger partial charge in [-0.2, -0.15) is 0 Å². The lowest BCUT2D eigenvalue weighted by Gasteiger charge is -2.09. The van der Waals surface area contributed by atoms with Crippen LogP contribution in [0, 0.1) is 6.92 Å². The summed E-state index contributed by atoms with van der Waals surface area (Å²) in [5.74, 6) is 1.34. The summed E-state index contributed by atoms with van der Waals surface area (Å²) in [5, 5.41) is 4.20. The first-order valence-corrected chi connectivity index (χ1v) is 12.3. The summed E-state index contributed by atoms with van der Waals surface area (Å²) in [7, 11) is -3.80. The van der Waals surface area contributed by atoms with E-state index in [0.29, 0.717) is 17.3 Å². The van der Waals surface area contributed by atoms with Gasteiger partial charge < -0.3 is 5.32 Å². The Hall–Kier alpha value is -3.89. The van der Waals surface area contributed by atoms with Crippen molar-refractivity contribution in [1.82, 2.24) is 19.9 Å². The molecule has 0 radical (unpaired) electrons. The number of sulfonamides is 1. The maximum absolute atomic E-state index is 12.6. The minimum atomic E-state index is -3.80. The molecule has 5 rings (SSSR count). The molecule has 0 unspecified atom stereocenters. The molecular weight excluding hydrogens is 456 g/mol. The van der Waals surface area contributed by atoms with Crippen LogP contribution in [0.4, 0.5) is 17.5 Å². The molecular formula is C23H18N6O2S2. The second-order valence-electron chi connectivity index (χ2n) is 7.14. The zero-order valence-corrected chi connectivity index (χ0v) is 19.1. The highest BCUT2D eigenvalue weighted by Crippen LogP contribution is 2.36. The first-order chi connectivity index (χ1) is 16.0. The Morgan fingerprint density at radius 2 is 1.61 bits per heavy atom. The summed E-state index contributed by atoms with van der Waals surface area (Å²) >= 11 is 1.61. The van der Waals surface area contributed by atoms with E-state index in [2.05, 4.69) is 48.2 Å². The molecule has 8 nitrogen and oxygen atoms in total. The third kappa shape index (κ3) is 4.52. The molecule has 0 aliphatic rings. The van der Waals surface area contributed by atoms with E-state index < -0.39 is 10.0 Å². The van der Waals surface area contributed by atoms with Crippen LogP contribution in [0.2, 0.25) is 0 Å². The van der Waals surface area contributed by atoms with Crippen molar-refractivity contribution >= 4 is 49.0 Å². The average Bonchev–Trinajstić information content (AvgIpc) is 3.25. The van der Waals surface area contributed by atoms with E-state index in [9.17, 15) is 8.42 Å². The number of thiophene rings is 1. The van der Waals surface area contributed by atoms with Gasteiger partial charge in [-0.05, 0) is 48.9 Å². The molecule has 10 heteroatoms. The highest BCUT2D eigenvalue weighted by molar-refractivity contribution is 7.92. The van der Waals surface area contributed by atoms with Crippen molar-refractivity contribution < 1.29 is 8.42 Å². The van der Waals surface area contributed by atoms with E-state index >= 15 is 0 Å². The van der Waals surface area contributed by atoms with Gasteiger partial charge >= 0.3 is 0 Å². The van der Waals surface area contributed by atoms with Crippen molar-refractivity contribution in [3.05, 3.63) is 84.9 Å². The predicted octanol–water partition coefficient (Wildman–Crippen LogP) is 5.00. The number of hydrogen-bond donors (Lipinski definition) is 2. The van der Waals surface area contributed by atoms with Crippen LogP contribution in [-0.2, 0) is 10.0 Å². The van der Waals surface area contributed by atoms with E-state index in [-0.39, 0.29) is 10.8 Å². The summed E-state index contributed by atoms with van der Waals surface area (Å²) in [5.41, 5.74) is 1.82. The van der Waals surface area contributed by atoms with Gasteiger partial charge in [0.05, 0.1) is 10.3 Å². The van der Waals surface area contributed by atoms with Crippen molar-refractivity contribution in [2.75, 3.05) is 10.0 Å². The summed E-state index contributed by atoms with van der Waals surface area (Å²) in [4.78, 5) is 19.0. The van der Waals surface area contributed by atoms with E-state index in [1.807, 2.05) is 25.1 Å². The van der Waals surface area contributed by atoms with Gasteiger partial charge in [0.1, 0.15) is 16.5 Å². The Morgan fingerprint density at radius 1 is 0.879 bits per heavy atom. The lowest BCUT2D eigenvalue weighted by atomic mass is 10.2. The monoisotopic (exact) mass is 474 g/mol. The van der Waals surface area contributed by atoms with Crippen molar-refractivity contribution in [2.45, 2.75) is 11.8 Å². The highest BCUT2D eigenvalue weighted by Gasteiger charge is 2.16. The molecule has 164 valence electrons. The second kappa shape index (κ2) is 8.57. The molecule has 3 aromatic heterocycles. The zero-order valence-electron chi connectivity index (χ0n) is 17.4. The summed E-state index contributed by atoms with van der Waals surface area (Å²) in [6.07, 6.45) is 2.94. The average molecular weight is 475 g/mol. The van der Waals surface area contributed by atoms with Gasteiger partial charge in [-0.25, -0.2) is 33.1 Å². The molecule has 0 saturated heterocycles. The van der Waals surface area contributed by atoms with Crippen LogP contribution in [0.25, 0.3) is 20.7 Å². The molecule has 0 aliphatic heterocycles. The van der Waals surface area contributed by atoms with Gasteiger partial charge in [-0.15, -0.1) is 11.3 Å². The molecule has 0 bridgehead atoms. The highest BCUT2D eigenvalue weighted by atomic mass is 32.2. The Bertz CT molecular complexity index is 1520. The molecule has 5 aromatic rings. The Kier molecular flexibility index (Phi) is 5.45. The fraction of sp³-hybridized carbons (Fsp3) is 0.0435. The smallest absolute Gasteiger partial charge is 0.264 e. The van der Waals surface area contributed by atoms with E-state index in [4.69, 9.17) is 0 Å². The SMILES string of the molecule is Cc1nc(Nc2ccc(S(=O)(=O)Nc3ncccn3)cc2)c2cc(-c3ccccc3)sc2n1. The summed E-state index contributed by atoms with van der Waals surface area (Å²) in [6, 6.07) is 20.2. The molecule has 0 fully saturated rings. The Labute approximate surface area is 194 Å². The fourth-order valence-electron chi connectivity index (χ4n) is 3.25. The van der Waals surface area contributed by atoms with Crippen LogP contribution >= 0.6 is 11.3 Å². The minimum Gasteiger partial charge on any atom is -0.340 e. The molecule has 0 spiro atoms. The first-order valence-electron chi connectivity index (χ1n) is 9.98. The lowest BCUT2D eigenvalue weighted by molar-refractivity contribution is 0.601. The summed E-state index contributed by atoms with van der Waals surface area (Å²) in [6.45, 7) is 1.85. The number of rotatable bonds is 6. The number of benzene rings is 2. The topological polar surface area (TPSA) is 110 Å². The van der Waals surface area contributed by atoms with Crippen LogP contribution in [0.3, 0.4) is 0 Å². The minimum absolute atomic E-state index is 0.0187. The first kappa shape index (κ1) is 21.0.